The van der Waals surface area contributed by atoms with Gasteiger partial charge in [0.25, 0.3) is 5.91 Å². The standard InChI is InChI=1S/C23H25N7O3S/c1-3-4-8-16-11-13-18(14-12-16)29-22(25-27-28-29)34-15-19(31)26-30-20(32)23(2,24-21(30)33)17-9-6-5-7-10-17/h5-7,9-14H,3-4,8,15H2,1-2H3,(H,24,33)(H,26,31). The minimum absolute atomic E-state index is 0.0892. The number of nitrogens with one attached hydrogen (secondary N) is 2. The van der Waals surface area contributed by atoms with Gasteiger partial charge in [-0.2, -0.15) is 9.69 Å². The first kappa shape index (κ1) is 23.4. The Bertz CT molecular complexity index is 1180. The molecule has 1 aliphatic rings. The van der Waals surface area contributed by atoms with Crippen LogP contribution >= 0.6 is 11.8 Å². The molecule has 34 heavy (non-hydrogen) atoms. The smallest absolute Gasteiger partial charge is 0.318 e. The van der Waals surface area contributed by atoms with E-state index in [9.17, 15) is 14.4 Å². The molecule has 2 N–H and O–H groups in total. The predicted molar refractivity (Wildman–Crippen MR) is 126 cm³/mol. The third-order valence-corrected chi connectivity index (χ3v) is 6.47. The summed E-state index contributed by atoms with van der Waals surface area (Å²) in [5.74, 6) is -1.18. The maximum Gasteiger partial charge on any atom is 0.344 e. The van der Waals surface area contributed by atoms with E-state index in [1.165, 1.54) is 5.56 Å². The number of aryl methyl sites for hydroxylation is 1. The molecule has 4 rings (SSSR count). The maximum atomic E-state index is 12.9. The summed E-state index contributed by atoms with van der Waals surface area (Å²) in [5.41, 5.74) is 3.77. The molecular weight excluding hydrogens is 454 g/mol. The number of aromatic nitrogens is 4. The number of unbranched alkanes of at least 4 members (excludes halogenated alkanes) is 1. The van der Waals surface area contributed by atoms with Crippen molar-refractivity contribution in [3.63, 3.8) is 0 Å². The first-order valence-electron chi connectivity index (χ1n) is 10.9. The molecule has 10 nitrogen and oxygen atoms in total. The molecule has 4 amide bonds. The quantitative estimate of drug-likeness (QED) is 0.357. The van der Waals surface area contributed by atoms with Crippen LogP contribution in [0.4, 0.5) is 4.79 Å². The number of nitrogens with zero attached hydrogens (tertiary/aromatic N) is 5. The zero-order valence-electron chi connectivity index (χ0n) is 18.9. The number of amides is 4. The second kappa shape index (κ2) is 10.0. The number of hydrazine groups is 1. The molecule has 0 radical (unpaired) electrons. The fraction of sp³-hybridized carbons (Fsp3) is 0.304. The molecule has 3 aromatic rings. The first-order chi connectivity index (χ1) is 16.4. The molecular formula is C23H25N7O3S. The third-order valence-electron chi connectivity index (χ3n) is 5.55. The number of carbonyl (C=O) groups excluding carboxylic acids is 3. The highest BCUT2D eigenvalue weighted by molar-refractivity contribution is 7.99. The Balaban J connectivity index is 1.38. The van der Waals surface area contributed by atoms with Crippen LogP contribution in [0.25, 0.3) is 5.69 Å². The van der Waals surface area contributed by atoms with Crippen molar-refractivity contribution >= 4 is 29.6 Å². The normalized spacial score (nSPS) is 17.6. The number of thioether (sulfide) groups is 1. The van der Waals surface area contributed by atoms with Crippen LogP contribution in [-0.4, -0.2) is 48.8 Å². The molecule has 2 aromatic carbocycles. The Morgan fingerprint density at radius 3 is 2.56 bits per heavy atom. The van der Waals surface area contributed by atoms with Crippen molar-refractivity contribution in [2.24, 2.45) is 0 Å². The molecule has 0 spiro atoms. The summed E-state index contributed by atoms with van der Waals surface area (Å²) in [4.78, 5) is 37.9. The number of carbonyl (C=O) groups is 3. The second-order valence-electron chi connectivity index (χ2n) is 8.03. The lowest BCUT2D eigenvalue weighted by Gasteiger charge is -2.22. The first-order valence-corrected chi connectivity index (χ1v) is 11.9. The molecule has 0 bridgehead atoms. The van der Waals surface area contributed by atoms with E-state index in [-0.39, 0.29) is 5.75 Å². The van der Waals surface area contributed by atoms with Crippen LogP contribution < -0.4 is 10.7 Å². The molecule has 1 atom stereocenters. The number of benzene rings is 2. The molecule has 0 aliphatic carbocycles. The molecule has 0 saturated carbocycles. The summed E-state index contributed by atoms with van der Waals surface area (Å²) >= 11 is 1.10. The van der Waals surface area contributed by atoms with Crippen molar-refractivity contribution in [3.05, 3.63) is 65.7 Å². The van der Waals surface area contributed by atoms with E-state index in [2.05, 4.69) is 33.2 Å². The highest BCUT2D eigenvalue weighted by Crippen LogP contribution is 2.27. The van der Waals surface area contributed by atoms with Crippen molar-refractivity contribution in [1.29, 1.82) is 0 Å². The minimum Gasteiger partial charge on any atom is -0.318 e. The van der Waals surface area contributed by atoms with Crippen molar-refractivity contribution < 1.29 is 14.4 Å². The van der Waals surface area contributed by atoms with E-state index in [4.69, 9.17) is 0 Å². The lowest BCUT2D eigenvalue weighted by molar-refractivity contribution is -0.138. The summed E-state index contributed by atoms with van der Waals surface area (Å²) in [7, 11) is 0. The summed E-state index contributed by atoms with van der Waals surface area (Å²) < 4.78 is 1.54. The second-order valence-corrected chi connectivity index (χ2v) is 8.97. The van der Waals surface area contributed by atoms with Crippen molar-refractivity contribution in [1.82, 2.24) is 36.0 Å². The number of imide groups is 1. The number of rotatable bonds is 9. The van der Waals surface area contributed by atoms with Crippen molar-refractivity contribution in [2.45, 2.75) is 43.8 Å². The van der Waals surface area contributed by atoms with Crippen molar-refractivity contribution in [2.75, 3.05) is 5.75 Å². The molecule has 1 aliphatic heterocycles. The zero-order valence-corrected chi connectivity index (χ0v) is 19.7. The van der Waals surface area contributed by atoms with Gasteiger partial charge in [0.05, 0.1) is 11.4 Å². The lowest BCUT2D eigenvalue weighted by Crippen LogP contribution is -2.48. The Morgan fingerprint density at radius 2 is 1.85 bits per heavy atom. The fourth-order valence-electron chi connectivity index (χ4n) is 3.61. The molecule has 1 saturated heterocycles. The van der Waals surface area contributed by atoms with Gasteiger partial charge in [-0.15, -0.1) is 5.10 Å². The average Bonchev–Trinajstić information content (AvgIpc) is 3.41. The molecule has 2 heterocycles. The van der Waals surface area contributed by atoms with Gasteiger partial charge in [-0.3, -0.25) is 15.0 Å². The third kappa shape index (κ3) is 4.79. The topological polar surface area (TPSA) is 122 Å². The van der Waals surface area contributed by atoms with Crippen molar-refractivity contribution in [3.8, 4) is 5.69 Å². The predicted octanol–water partition coefficient (Wildman–Crippen LogP) is 2.60. The number of tetrazole rings is 1. The van der Waals surface area contributed by atoms with Crippen LogP contribution in [0.5, 0.6) is 0 Å². The minimum atomic E-state index is -1.26. The van der Waals surface area contributed by atoms with Crippen LogP contribution in [0.1, 0.15) is 37.8 Å². The van der Waals surface area contributed by atoms with E-state index in [1.54, 1.807) is 35.9 Å². The van der Waals surface area contributed by atoms with Gasteiger partial charge >= 0.3 is 6.03 Å². The van der Waals surface area contributed by atoms with Gasteiger partial charge in [-0.25, -0.2) is 4.79 Å². The molecule has 1 aromatic heterocycles. The Morgan fingerprint density at radius 1 is 1.12 bits per heavy atom. The van der Waals surface area contributed by atoms with Crippen LogP contribution in [0.2, 0.25) is 0 Å². The van der Waals surface area contributed by atoms with Gasteiger partial charge in [0.15, 0.2) is 0 Å². The van der Waals surface area contributed by atoms with Gasteiger partial charge in [-0.1, -0.05) is 67.6 Å². The molecule has 11 heteroatoms. The summed E-state index contributed by atoms with van der Waals surface area (Å²) in [6.07, 6.45) is 3.27. The van der Waals surface area contributed by atoms with E-state index >= 15 is 0 Å². The Kier molecular flexibility index (Phi) is 6.92. The van der Waals surface area contributed by atoms with Crippen LogP contribution in [0, 0.1) is 0 Å². The van der Waals surface area contributed by atoms with E-state index < -0.39 is 23.4 Å². The zero-order chi connectivity index (χ0) is 24.1. The average molecular weight is 480 g/mol. The van der Waals surface area contributed by atoms with Gasteiger partial charge in [0.1, 0.15) is 5.54 Å². The van der Waals surface area contributed by atoms with E-state index in [0.717, 1.165) is 36.7 Å². The summed E-state index contributed by atoms with van der Waals surface area (Å²) in [6, 6.07) is 16.1. The molecule has 1 fully saturated rings. The molecule has 176 valence electrons. The summed E-state index contributed by atoms with van der Waals surface area (Å²) in [6.45, 7) is 3.76. The highest BCUT2D eigenvalue weighted by atomic mass is 32.2. The lowest BCUT2D eigenvalue weighted by atomic mass is 9.92. The fourth-order valence-corrected chi connectivity index (χ4v) is 4.29. The van der Waals surface area contributed by atoms with E-state index in [0.29, 0.717) is 15.7 Å². The van der Waals surface area contributed by atoms with Crippen LogP contribution in [0.3, 0.4) is 0 Å². The van der Waals surface area contributed by atoms with Gasteiger partial charge in [0.2, 0.25) is 11.1 Å². The number of hydrogen-bond acceptors (Lipinski definition) is 7. The van der Waals surface area contributed by atoms with Crippen LogP contribution in [0.15, 0.2) is 59.8 Å². The maximum absolute atomic E-state index is 12.9. The van der Waals surface area contributed by atoms with Gasteiger partial charge in [0, 0.05) is 0 Å². The van der Waals surface area contributed by atoms with Gasteiger partial charge < -0.3 is 5.32 Å². The number of urea groups is 1. The van der Waals surface area contributed by atoms with Crippen LogP contribution in [-0.2, 0) is 21.5 Å². The summed E-state index contributed by atoms with van der Waals surface area (Å²) in [5, 5.41) is 15.5. The Hall–Kier alpha value is -3.73. The SMILES string of the molecule is CCCCc1ccc(-n2nnnc2SCC(=O)NN2C(=O)NC(C)(c3ccccc3)C2=O)cc1. The van der Waals surface area contributed by atoms with Gasteiger partial charge in [-0.05, 0) is 53.5 Å². The highest BCUT2D eigenvalue weighted by Gasteiger charge is 2.49. The Labute approximate surface area is 201 Å². The largest absolute Gasteiger partial charge is 0.344 e. The number of hydrogen-bond donors (Lipinski definition) is 2. The van der Waals surface area contributed by atoms with E-state index in [1.807, 2.05) is 30.3 Å². The monoisotopic (exact) mass is 479 g/mol. The molecule has 1 unspecified atom stereocenters.